The number of fused-ring (bicyclic) bond motifs is 2. The first-order valence-corrected chi connectivity index (χ1v) is 13.0. The maximum atomic E-state index is 12.9. The van der Waals surface area contributed by atoms with E-state index in [0.717, 1.165) is 26.2 Å². The third-order valence-corrected chi connectivity index (χ3v) is 6.89. The van der Waals surface area contributed by atoms with Crippen LogP contribution >= 0.6 is 0 Å². The quantitative estimate of drug-likeness (QED) is 0.311. The molecule has 2 bridgehead atoms. The first kappa shape index (κ1) is 24.7. The summed E-state index contributed by atoms with van der Waals surface area (Å²) in [6, 6.07) is 1.02. The molecule has 2 heterocycles. The third-order valence-electron chi connectivity index (χ3n) is 6.89. The van der Waals surface area contributed by atoms with Gasteiger partial charge in [0.25, 0.3) is 0 Å². The van der Waals surface area contributed by atoms with Gasteiger partial charge in [0.1, 0.15) is 0 Å². The summed E-state index contributed by atoms with van der Waals surface area (Å²) in [6.45, 7) is 9.36. The molecule has 0 saturated carbocycles. The SMILES string of the molecule is CCCCCCCCCN(CCCCCCCCC)CC(=O)N1CC2CC1CN2. The second-order valence-electron chi connectivity index (χ2n) is 9.56. The highest BCUT2D eigenvalue weighted by atomic mass is 16.2. The molecular formula is C25H49N3O. The lowest BCUT2D eigenvalue weighted by Gasteiger charge is -2.30. The van der Waals surface area contributed by atoms with Gasteiger partial charge < -0.3 is 10.2 Å². The number of carbonyl (C=O) groups excluding carboxylic acids is 1. The normalized spacial score (nSPS) is 20.9. The topological polar surface area (TPSA) is 35.6 Å². The molecule has 29 heavy (non-hydrogen) atoms. The molecule has 4 heteroatoms. The lowest BCUT2D eigenvalue weighted by Crippen LogP contribution is -2.50. The van der Waals surface area contributed by atoms with E-state index in [1.807, 2.05) is 0 Å². The van der Waals surface area contributed by atoms with E-state index in [1.165, 1.54) is 96.3 Å². The highest BCUT2D eigenvalue weighted by Gasteiger charge is 2.40. The fourth-order valence-electron chi connectivity index (χ4n) is 5.00. The fourth-order valence-corrected chi connectivity index (χ4v) is 5.00. The van der Waals surface area contributed by atoms with Crippen molar-refractivity contribution in [2.45, 2.75) is 122 Å². The molecule has 2 saturated heterocycles. The summed E-state index contributed by atoms with van der Waals surface area (Å²) >= 11 is 0. The Balaban J connectivity index is 1.65. The summed E-state index contributed by atoms with van der Waals surface area (Å²) in [4.78, 5) is 17.6. The molecule has 2 aliphatic rings. The maximum Gasteiger partial charge on any atom is 0.237 e. The van der Waals surface area contributed by atoms with Crippen LogP contribution in [-0.4, -0.2) is 60.5 Å². The van der Waals surface area contributed by atoms with Gasteiger partial charge in [0.2, 0.25) is 5.91 Å². The predicted octanol–water partition coefficient (Wildman–Crippen LogP) is 5.36. The third kappa shape index (κ3) is 9.83. The number of hydrogen-bond acceptors (Lipinski definition) is 3. The van der Waals surface area contributed by atoms with E-state index in [1.54, 1.807) is 0 Å². The van der Waals surface area contributed by atoms with Crippen LogP contribution in [0, 0.1) is 0 Å². The highest BCUT2D eigenvalue weighted by molar-refractivity contribution is 5.79. The van der Waals surface area contributed by atoms with Gasteiger partial charge in [0, 0.05) is 25.2 Å². The van der Waals surface area contributed by atoms with Crippen LogP contribution in [0.3, 0.4) is 0 Å². The van der Waals surface area contributed by atoms with E-state index in [9.17, 15) is 4.79 Å². The Hall–Kier alpha value is -0.610. The molecular weight excluding hydrogens is 358 g/mol. The van der Waals surface area contributed by atoms with Gasteiger partial charge in [0.15, 0.2) is 0 Å². The van der Waals surface area contributed by atoms with Crippen molar-refractivity contribution >= 4 is 5.91 Å². The van der Waals surface area contributed by atoms with Gasteiger partial charge >= 0.3 is 0 Å². The lowest BCUT2D eigenvalue weighted by atomic mass is 10.1. The summed E-state index contributed by atoms with van der Waals surface area (Å²) in [6.07, 6.45) is 20.0. The molecule has 1 amide bonds. The molecule has 0 radical (unpaired) electrons. The van der Waals surface area contributed by atoms with Crippen LogP contribution in [0.25, 0.3) is 0 Å². The first-order chi connectivity index (χ1) is 14.2. The van der Waals surface area contributed by atoms with Gasteiger partial charge in [0.05, 0.1) is 6.54 Å². The summed E-state index contributed by atoms with van der Waals surface area (Å²) < 4.78 is 0. The monoisotopic (exact) mass is 407 g/mol. The van der Waals surface area contributed by atoms with Crippen LogP contribution in [-0.2, 0) is 4.79 Å². The number of nitrogens with one attached hydrogen (secondary N) is 1. The van der Waals surface area contributed by atoms with E-state index in [0.29, 0.717) is 24.5 Å². The van der Waals surface area contributed by atoms with Crippen LogP contribution in [0.2, 0.25) is 0 Å². The van der Waals surface area contributed by atoms with Gasteiger partial charge in [-0.3, -0.25) is 9.69 Å². The first-order valence-electron chi connectivity index (χ1n) is 13.0. The molecule has 4 nitrogen and oxygen atoms in total. The van der Waals surface area contributed by atoms with Gasteiger partial charge in [-0.1, -0.05) is 90.9 Å². The van der Waals surface area contributed by atoms with Gasteiger partial charge in [-0.2, -0.15) is 0 Å². The number of rotatable bonds is 18. The summed E-state index contributed by atoms with van der Waals surface area (Å²) in [5.74, 6) is 0.380. The number of amides is 1. The van der Waals surface area contributed by atoms with Crippen LogP contribution in [0.5, 0.6) is 0 Å². The number of carbonyl (C=O) groups is 1. The maximum absolute atomic E-state index is 12.9. The molecule has 2 atom stereocenters. The fraction of sp³-hybridized carbons (Fsp3) is 0.960. The van der Waals surface area contributed by atoms with E-state index < -0.39 is 0 Å². The number of unbranched alkanes of at least 4 members (excludes halogenated alkanes) is 12. The van der Waals surface area contributed by atoms with Crippen LogP contribution in [0.1, 0.15) is 110 Å². The van der Waals surface area contributed by atoms with Crippen molar-refractivity contribution in [2.24, 2.45) is 0 Å². The molecule has 0 aromatic carbocycles. The average Bonchev–Trinajstić information content (AvgIpc) is 3.36. The molecule has 0 aliphatic carbocycles. The van der Waals surface area contributed by atoms with Gasteiger partial charge in [-0.05, 0) is 32.4 Å². The molecule has 0 aromatic rings. The smallest absolute Gasteiger partial charge is 0.237 e. The lowest BCUT2D eigenvalue weighted by molar-refractivity contribution is -0.133. The van der Waals surface area contributed by atoms with E-state index >= 15 is 0 Å². The Morgan fingerprint density at radius 1 is 0.828 bits per heavy atom. The van der Waals surface area contributed by atoms with Crippen molar-refractivity contribution in [3.8, 4) is 0 Å². The van der Waals surface area contributed by atoms with Crippen molar-refractivity contribution < 1.29 is 4.79 Å². The Kier molecular flexibility index (Phi) is 12.9. The van der Waals surface area contributed by atoms with E-state index in [-0.39, 0.29) is 0 Å². The molecule has 0 aromatic heterocycles. The summed E-state index contributed by atoms with van der Waals surface area (Å²) in [5.41, 5.74) is 0. The molecule has 2 aliphatic heterocycles. The number of hydrogen-bond donors (Lipinski definition) is 1. The van der Waals surface area contributed by atoms with Crippen molar-refractivity contribution in [1.29, 1.82) is 0 Å². The molecule has 2 rings (SSSR count). The largest absolute Gasteiger partial charge is 0.336 e. The van der Waals surface area contributed by atoms with E-state index in [4.69, 9.17) is 0 Å². The van der Waals surface area contributed by atoms with Crippen LogP contribution in [0.4, 0.5) is 0 Å². The number of nitrogens with zero attached hydrogens (tertiary/aromatic N) is 2. The van der Waals surface area contributed by atoms with Crippen molar-refractivity contribution in [3.05, 3.63) is 0 Å². The Morgan fingerprint density at radius 3 is 1.79 bits per heavy atom. The zero-order valence-electron chi connectivity index (χ0n) is 19.6. The van der Waals surface area contributed by atoms with Crippen molar-refractivity contribution in [3.63, 3.8) is 0 Å². The average molecular weight is 408 g/mol. The van der Waals surface area contributed by atoms with Crippen LogP contribution in [0.15, 0.2) is 0 Å². The molecule has 2 fully saturated rings. The second kappa shape index (κ2) is 15.2. The number of likely N-dealkylation sites (tertiary alicyclic amines) is 1. The Morgan fingerprint density at radius 2 is 1.34 bits per heavy atom. The molecule has 2 unspecified atom stereocenters. The molecule has 170 valence electrons. The number of piperazine rings is 1. The Labute approximate surface area is 181 Å². The van der Waals surface area contributed by atoms with Crippen molar-refractivity contribution in [2.75, 3.05) is 32.7 Å². The van der Waals surface area contributed by atoms with Crippen LogP contribution < -0.4 is 5.32 Å². The zero-order chi connectivity index (χ0) is 20.7. The summed E-state index contributed by atoms with van der Waals surface area (Å²) in [5, 5.41) is 3.51. The zero-order valence-corrected chi connectivity index (χ0v) is 19.6. The predicted molar refractivity (Wildman–Crippen MR) is 124 cm³/mol. The molecule has 1 N–H and O–H groups in total. The van der Waals surface area contributed by atoms with Crippen molar-refractivity contribution in [1.82, 2.24) is 15.1 Å². The minimum atomic E-state index is 0.380. The van der Waals surface area contributed by atoms with Gasteiger partial charge in [-0.25, -0.2) is 0 Å². The minimum absolute atomic E-state index is 0.380. The Bertz CT molecular complexity index is 410. The minimum Gasteiger partial charge on any atom is -0.336 e. The van der Waals surface area contributed by atoms with Gasteiger partial charge in [-0.15, -0.1) is 0 Å². The highest BCUT2D eigenvalue weighted by Crippen LogP contribution is 2.23. The van der Waals surface area contributed by atoms with E-state index in [2.05, 4.69) is 29.0 Å². The molecule has 0 spiro atoms. The standard InChI is InChI=1S/C25H49N3O/c1-3-5-7-9-11-13-15-17-27(18-16-14-12-10-8-6-4-2)22-25(29)28-21-23-19-24(28)20-26-23/h23-24,26H,3-22H2,1-2H3. The summed E-state index contributed by atoms with van der Waals surface area (Å²) in [7, 11) is 0. The second-order valence-corrected chi connectivity index (χ2v) is 9.56.